The quantitative estimate of drug-likeness (QED) is 0.660. The van der Waals surface area contributed by atoms with Crippen molar-refractivity contribution >= 4 is 19.0 Å². The first kappa shape index (κ1) is 11.4. The first-order valence-corrected chi connectivity index (χ1v) is 9.47. The molecule has 1 heterocycles. The molecule has 0 aromatic rings. The molecule has 2 nitrogen and oxygen atoms in total. The average molecular weight is 217 g/mol. The maximum Gasteiger partial charge on any atom is 0.227 e. The van der Waals surface area contributed by atoms with Gasteiger partial charge in [-0.05, 0) is 25.9 Å². The second-order valence-electron chi connectivity index (χ2n) is 4.49. The molecule has 13 heavy (non-hydrogen) atoms. The van der Waals surface area contributed by atoms with Crippen molar-refractivity contribution in [1.82, 2.24) is 4.57 Å². The van der Waals surface area contributed by atoms with Crippen molar-refractivity contribution in [1.29, 1.82) is 0 Å². The van der Waals surface area contributed by atoms with Gasteiger partial charge >= 0.3 is 0 Å². The van der Waals surface area contributed by atoms with Gasteiger partial charge in [-0.2, -0.15) is 0 Å². The number of hydrogen-bond donors (Lipinski definition) is 0. The van der Waals surface area contributed by atoms with Gasteiger partial charge in [0.25, 0.3) is 0 Å². The van der Waals surface area contributed by atoms with Crippen LogP contribution in [0.15, 0.2) is 0 Å². The predicted octanol–water partition coefficient (Wildman–Crippen LogP) is 1.25. The van der Waals surface area contributed by atoms with E-state index < -0.39 is 9.04 Å². The summed E-state index contributed by atoms with van der Waals surface area (Å²) in [6.45, 7) is 9.25. The lowest BCUT2D eigenvalue weighted by molar-refractivity contribution is 0.190. The lowest BCUT2D eigenvalue weighted by Crippen LogP contribution is -2.47. The van der Waals surface area contributed by atoms with Crippen molar-refractivity contribution in [3.05, 3.63) is 0 Å². The summed E-state index contributed by atoms with van der Waals surface area (Å²) in [5.41, 5.74) is 0. The highest BCUT2D eigenvalue weighted by molar-refractivity contribution is 6.55. The highest BCUT2D eigenvalue weighted by atomic mass is 28.3. The van der Waals surface area contributed by atoms with E-state index in [2.05, 4.69) is 31.5 Å². The summed E-state index contributed by atoms with van der Waals surface area (Å²) in [7, 11) is -1.16. The van der Waals surface area contributed by atoms with Crippen LogP contribution in [0.25, 0.3) is 0 Å². The monoisotopic (exact) mass is 217 g/mol. The van der Waals surface area contributed by atoms with E-state index in [0.717, 1.165) is 12.1 Å². The van der Waals surface area contributed by atoms with E-state index in [0.29, 0.717) is 0 Å². The molecule has 2 atom stereocenters. The van der Waals surface area contributed by atoms with Crippen molar-refractivity contribution in [3.8, 4) is 0 Å². The summed E-state index contributed by atoms with van der Waals surface area (Å²) in [6, 6.07) is 1.56. The molecule has 4 heteroatoms. The summed E-state index contributed by atoms with van der Waals surface area (Å²) in [4.78, 5) is 0. The number of piperidine rings is 1. The molecule has 0 aromatic carbocycles. The number of nitrogens with zero attached hydrogens (tertiary/aromatic N) is 1. The molecular weight excluding hydrogens is 194 g/mol. The average Bonchev–Trinajstić information content (AvgIpc) is 2.03. The first-order valence-electron chi connectivity index (χ1n) is 5.48. The Hall–Kier alpha value is 0.354. The summed E-state index contributed by atoms with van der Waals surface area (Å²) in [5, 5.41) is 0. The molecule has 2 unspecified atom stereocenters. The second-order valence-corrected chi connectivity index (χ2v) is 8.91. The van der Waals surface area contributed by atoms with Gasteiger partial charge in [-0.3, -0.25) is 0 Å². The normalized spacial score (nSPS) is 32.1. The van der Waals surface area contributed by atoms with Crippen LogP contribution in [0.3, 0.4) is 0 Å². The molecule has 1 saturated heterocycles. The lowest BCUT2D eigenvalue weighted by Gasteiger charge is -2.39. The largest absolute Gasteiger partial charge is 0.451 e. The summed E-state index contributed by atoms with van der Waals surface area (Å²) < 4.78 is 8.58. The molecular formula is C9H23NOSi2. The van der Waals surface area contributed by atoms with E-state index in [9.17, 15) is 0 Å². The van der Waals surface area contributed by atoms with E-state index in [-0.39, 0.29) is 9.92 Å². The smallest absolute Gasteiger partial charge is 0.227 e. The molecule has 0 amide bonds. The third kappa shape index (κ3) is 3.54. The van der Waals surface area contributed by atoms with Crippen LogP contribution in [0.4, 0.5) is 0 Å². The fourth-order valence-electron chi connectivity index (χ4n) is 1.96. The molecule has 0 aromatic heterocycles. The Morgan fingerprint density at radius 2 is 1.77 bits per heavy atom. The number of rotatable bonds is 3. The zero-order valence-corrected chi connectivity index (χ0v) is 12.0. The van der Waals surface area contributed by atoms with Gasteiger partial charge in [0, 0.05) is 12.1 Å². The molecule has 1 aliphatic heterocycles. The maximum absolute atomic E-state index is 5.93. The maximum atomic E-state index is 5.93. The summed E-state index contributed by atoms with van der Waals surface area (Å²) >= 11 is 0. The van der Waals surface area contributed by atoms with Crippen LogP contribution in [0.2, 0.25) is 13.1 Å². The Morgan fingerprint density at radius 1 is 1.23 bits per heavy atom. The Kier molecular flexibility index (Phi) is 4.65. The van der Waals surface area contributed by atoms with Gasteiger partial charge in [0.2, 0.25) is 9.92 Å². The zero-order chi connectivity index (χ0) is 9.84. The minimum absolute atomic E-state index is 0.382. The first-order chi connectivity index (χ1) is 6.11. The van der Waals surface area contributed by atoms with Gasteiger partial charge in [-0.1, -0.05) is 20.3 Å². The van der Waals surface area contributed by atoms with Crippen LogP contribution in [-0.4, -0.2) is 35.6 Å². The lowest BCUT2D eigenvalue weighted by atomic mass is 10.0. The van der Waals surface area contributed by atoms with Crippen LogP contribution in [-0.2, 0) is 4.12 Å². The van der Waals surface area contributed by atoms with Gasteiger partial charge in [0.15, 0.2) is 9.04 Å². The Balaban J connectivity index is 2.35. The van der Waals surface area contributed by atoms with Crippen LogP contribution < -0.4 is 0 Å². The summed E-state index contributed by atoms with van der Waals surface area (Å²) in [6.07, 6.45) is 4.16. The van der Waals surface area contributed by atoms with E-state index >= 15 is 0 Å². The number of hydrogen-bond acceptors (Lipinski definition) is 2. The van der Waals surface area contributed by atoms with Crippen molar-refractivity contribution in [2.45, 2.75) is 58.3 Å². The van der Waals surface area contributed by atoms with Crippen LogP contribution >= 0.6 is 0 Å². The predicted molar refractivity (Wildman–Crippen MR) is 63.1 cm³/mol. The van der Waals surface area contributed by atoms with Crippen molar-refractivity contribution in [2.24, 2.45) is 0 Å². The molecule has 0 saturated carbocycles. The van der Waals surface area contributed by atoms with Gasteiger partial charge in [-0.25, -0.2) is 0 Å². The third-order valence-corrected chi connectivity index (χ3v) is 7.74. The highest BCUT2D eigenvalue weighted by Gasteiger charge is 2.24. The molecule has 0 bridgehead atoms. The van der Waals surface area contributed by atoms with Crippen molar-refractivity contribution in [3.63, 3.8) is 0 Å². The molecule has 1 fully saturated rings. The second kappa shape index (κ2) is 5.29. The Morgan fingerprint density at radius 3 is 2.23 bits per heavy atom. The van der Waals surface area contributed by atoms with E-state index in [4.69, 9.17) is 4.12 Å². The molecule has 78 valence electrons. The fraction of sp³-hybridized carbons (Fsp3) is 1.00. The van der Waals surface area contributed by atoms with Gasteiger partial charge in [-0.15, -0.1) is 0 Å². The molecule has 0 aliphatic carbocycles. The molecule has 0 radical (unpaired) electrons. The minimum atomic E-state index is -0.776. The third-order valence-electron chi connectivity index (χ3n) is 2.93. The molecule has 1 aliphatic rings. The van der Waals surface area contributed by atoms with Gasteiger partial charge in [0.05, 0.1) is 0 Å². The zero-order valence-electron chi connectivity index (χ0n) is 9.42. The van der Waals surface area contributed by atoms with Gasteiger partial charge < -0.3 is 8.68 Å². The Labute approximate surface area is 86.4 Å². The Bertz CT molecular complexity index is 145. The molecule has 1 rings (SSSR count). The van der Waals surface area contributed by atoms with Crippen LogP contribution in [0.5, 0.6) is 0 Å². The minimum Gasteiger partial charge on any atom is -0.451 e. The summed E-state index contributed by atoms with van der Waals surface area (Å²) in [5.74, 6) is 0. The van der Waals surface area contributed by atoms with E-state index in [1.54, 1.807) is 0 Å². The molecule has 0 N–H and O–H groups in total. The highest BCUT2D eigenvalue weighted by Crippen LogP contribution is 2.21. The van der Waals surface area contributed by atoms with E-state index in [1.165, 1.54) is 19.3 Å². The van der Waals surface area contributed by atoms with Crippen molar-refractivity contribution < 1.29 is 4.12 Å². The van der Waals surface area contributed by atoms with Crippen molar-refractivity contribution in [2.75, 3.05) is 0 Å². The van der Waals surface area contributed by atoms with Crippen LogP contribution in [0, 0.1) is 0 Å². The van der Waals surface area contributed by atoms with E-state index in [1.807, 2.05) is 0 Å². The van der Waals surface area contributed by atoms with Crippen LogP contribution in [0.1, 0.15) is 33.1 Å². The fourth-order valence-corrected chi connectivity index (χ4v) is 4.72. The van der Waals surface area contributed by atoms with Gasteiger partial charge in [0.1, 0.15) is 0 Å². The standard InChI is InChI=1S/C9H23NOSi2/c1-8-6-5-7-9(2)10(8)12-11-13(3)4/h8-9,13H,5-7,12H2,1-4H3. The SMILES string of the molecule is CC1CCCC(C)N1[SiH2]O[SiH](C)C. The molecule has 0 spiro atoms. The topological polar surface area (TPSA) is 12.5 Å².